The van der Waals surface area contributed by atoms with Crippen LogP contribution in [0.15, 0.2) is 48.6 Å². The third-order valence-electron chi connectivity index (χ3n) is 8.83. The Morgan fingerprint density at radius 2 is 1.59 bits per heavy atom. The molecular formula is C34H47FO6. The molecule has 2 aliphatic rings. The van der Waals surface area contributed by atoms with Gasteiger partial charge in [0, 0.05) is 0 Å². The number of halogens is 1. The van der Waals surface area contributed by atoms with Crippen molar-refractivity contribution >= 4 is 17.5 Å². The molecule has 0 aliphatic heterocycles. The van der Waals surface area contributed by atoms with Gasteiger partial charge in [-0.3, -0.25) is 0 Å². The Kier molecular flexibility index (Phi) is 13.3. The SMILES string of the molecule is C=C(CO)C(=O)OCC(COC(=O)C(=C)CO)c1ccc(C2=CCC(C3CCC(CCCCC)CC3)CC2)cc1F. The average molecular weight is 571 g/mol. The van der Waals surface area contributed by atoms with E-state index in [0.29, 0.717) is 5.92 Å². The molecule has 0 aromatic heterocycles. The van der Waals surface area contributed by atoms with E-state index in [-0.39, 0.29) is 29.9 Å². The number of aliphatic hydroxyl groups excluding tert-OH is 2. The van der Waals surface area contributed by atoms with Crippen LogP contribution in [0.1, 0.15) is 94.6 Å². The molecular weight excluding hydrogens is 523 g/mol. The summed E-state index contributed by atoms with van der Waals surface area (Å²) in [5.41, 5.74) is 1.95. The van der Waals surface area contributed by atoms with Crippen LogP contribution in [-0.4, -0.2) is 48.6 Å². The van der Waals surface area contributed by atoms with Crippen molar-refractivity contribution in [3.05, 3.63) is 65.5 Å². The number of carbonyl (C=O) groups is 2. The van der Waals surface area contributed by atoms with Crippen molar-refractivity contribution in [3.8, 4) is 0 Å². The smallest absolute Gasteiger partial charge is 0.335 e. The summed E-state index contributed by atoms with van der Waals surface area (Å²) in [6.45, 7) is 7.45. The Morgan fingerprint density at radius 1 is 0.951 bits per heavy atom. The largest absolute Gasteiger partial charge is 0.461 e. The van der Waals surface area contributed by atoms with Crippen molar-refractivity contribution in [2.75, 3.05) is 26.4 Å². The molecule has 0 radical (unpaired) electrons. The van der Waals surface area contributed by atoms with Crippen molar-refractivity contribution in [2.45, 2.75) is 83.5 Å². The second-order valence-corrected chi connectivity index (χ2v) is 11.7. The van der Waals surface area contributed by atoms with Crippen LogP contribution >= 0.6 is 0 Å². The Morgan fingerprint density at radius 3 is 2.10 bits per heavy atom. The van der Waals surface area contributed by atoms with Crippen LogP contribution in [0.3, 0.4) is 0 Å². The molecule has 1 saturated carbocycles. The number of hydrogen-bond acceptors (Lipinski definition) is 6. The first-order valence-corrected chi connectivity index (χ1v) is 15.2. The number of benzene rings is 1. The van der Waals surface area contributed by atoms with Gasteiger partial charge in [0.25, 0.3) is 0 Å². The molecule has 3 rings (SSSR count). The fraction of sp³-hybridized carbons (Fsp3) is 0.588. The molecule has 0 amide bonds. The molecule has 0 saturated heterocycles. The molecule has 2 N–H and O–H groups in total. The van der Waals surface area contributed by atoms with E-state index in [1.807, 2.05) is 6.07 Å². The van der Waals surface area contributed by atoms with Gasteiger partial charge in [-0.25, -0.2) is 14.0 Å². The summed E-state index contributed by atoms with van der Waals surface area (Å²) in [7, 11) is 0. The Labute approximate surface area is 244 Å². The topological polar surface area (TPSA) is 93.1 Å². The molecule has 0 spiro atoms. The lowest BCUT2D eigenvalue weighted by Crippen LogP contribution is -2.23. The van der Waals surface area contributed by atoms with Gasteiger partial charge in [0.2, 0.25) is 0 Å². The van der Waals surface area contributed by atoms with E-state index in [0.717, 1.165) is 42.2 Å². The maximum Gasteiger partial charge on any atom is 0.335 e. The van der Waals surface area contributed by atoms with E-state index in [4.69, 9.17) is 19.7 Å². The molecule has 1 aromatic rings. The predicted octanol–water partition coefficient (Wildman–Crippen LogP) is 6.66. The molecule has 1 unspecified atom stereocenters. The van der Waals surface area contributed by atoms with Gasteiger partial charge in [0.1, 0.15) is 19.0 Å². The molecule has 0 bridgehead atoms. The highest BCUT2D eigenvalue weighted by atomic mass is 19.1. The number of hydrogen-bond donors (Lipinski definition) is 2. The molecule has 1 aromatic carbocycles. The van der Waals surface area contributed by atoms with E-state index in [1.165, 1.54) is 57.4 Å². The lowest BCUT2D eigenvalue weighted by Gasteiger charge is -2.35. The van der Waals surface area contributed by atoms with Gasteiger partial charge in [0.15, 0.2) is 0 Å². The number of rotatable bonds is 15. The molecule has 6 nitrogen and oxygen atoms in total. The molecule has 41 heavy (non-hydrogen) atoms. The predicted molar refractivity (Wildman–Crippen MR) is 158 cm³/mol. The second kappa shape index (κ2) is 16.6. The number of unbranched alkanes of at least 4 members (excludes halogenated alkanes) is 2. The zero-order valence-electron chi connectivity index (χ0n) is 24.5. The van der Waals surface area contributed by atoms with Gasteiger partial charge < -0.3 is 19.7 Å². The summed E-state index contributed by atoms with van der Waals surface area (Å²) in [4.78, 5) is 24.0. The molecule has 7 heteroatoms. The summed E-state index contributed by atoms with van der Waals surface area (Å²) < 4.78 is 25.8. The summed E-state index contributed by atoms with van der Waals surface area (Å²) in [5.74, 6) is -0.491. The fourth-order valence-electron chi connectivity index (χ4n) is 6.15. The number of carbonyl (C=O) groups excluding carboxylic acids is 2. The van der Waals surface area contributed by atoms with Crippen LogP contribution in [0.4, 0.5) is 4.39 Å². The lowest BCUT2D eigenvalue weighted by atomic mass is 9.70. The second-order valence-electron chi connectivity index (χ2n) is 11.7. The van der Waals surface area contributed by atoms with Crippen LogP contribution in [0.25, 0.3) is 5.57 Å². The Bertz CT molecular complexity index is 1050. The van der Waals surface area contributed by atoms with Gasteiger partial charge in [-0.05, 0) is 72.6 Å². The molecule has 2 aliphatic carbocycles. The van der Waals surface area contributed by atoms with Gasteiger partial charge in [0.05, 0.1) is 30.3 Å². The van der Waals surface area contributed by atoms with Crippen LogP contribution in [0.5, 0.6) is 0 Å². The lowest BCUT2D eigenvalue weighted by molar-refractivity contribution is -0.143. The monoisotopic (exact) mass is 570 g/mol. The maximum absolute atomic E-state index is 15.4. The van der Waals surface area contributed by atoms with Crippen molar-refractivity contribution in [3.63, 3.8) is 0 Å². The van der Waals surface area contributed by atoms with E-state index < -0.39 is 36.9 Å². The Balaban J connectivity index is 1.63. The van der Waals surface area contributed by atoms with Gasteiger partial charge in [-0.2, -0.15) is 0 Å². The molecule has 0 heterocycles. The molecule has 1 atom stereocenters. The minimum Gasteiger partial charge on any atom is -0.461 e. The van der Waals surface area contributed by atoms with Crippen molar-refractivity contribution < 1.29 is 33.7 Å². The molecule has 226 valence electrons. The standard InChI is InChI=1S/C34H47FO6/c1-4-5-6-7-25-8-10-26(11-9-25)27-12-14-28(15-13-27)29-16-17-31(32(35)18-29)30(21-40-33(38)23(2)19-36)22-41-34(39)24(3)20-37/h14,16-18,25-27,30,36-37H,2-13,15,19-22H2,1H3. The number of esters is 2. The zero-order valence-corrected chi connectivity index (χ0v) is 24.5. The van der Waals surface area contributed by atoms with E-state index >= 15 is 4.39 Å². The summed E-state index contributed by atoms with van der Waals surface area (Å²) >= 11 is 0. The first kappa shape index (κ1) is 32.7. The number of ether oxygens (including phenoxy) is 2. The highest BCUT2D eigenvalue weighted by Gasteiger charge is 2.29. The van der Waals surface area contributed by atoms with Crippen LogP contribution in [0, 0.1) is 23.6 Å². The number of allylic oxidation sites excluding steroid dienone is 2. The third kappa shape index (κ3) is 9.64. The van der Waals surface area contributed by atoms with Crippen LogP contribution in [0.2, 0.25) is 0 Å². The summed E-state index contributed by atoms with van der Waals surface area (Å²) in [6.07, 6.45) is 16.1. The van der Waals surface area contributed by atoms with E-state index in [9.17, 15) is 9.59 Å². The van der Waals surface area contributed by atoms with Crippen molar-refractivity contribution in [2.24, 2.45) is 17.8 Å². The normalized spacial score (nSPS) is 20.8. The van der Waals surface area contributed by atoms with E-state index in [2.05, 4.69) is 26.2 Å². The quantitative estimate of drug-likeness (QED) is 0.139. The Hall–Kier alpha value is -2.77. The van der Waals surface area contributed by atoms with Crippen molar-refractivity contribution in [1.82, 2.24) is 0 Å². The highest BCUT2D eigenvalue weighted by molar-refractivity contribution is 5.88. The first-order valence-electron chi connectivity index (χ1n) is 15.2. The first-order chi connectivity index (χ1) is 19.8. The summed E-state index contributed by atoms with van der Waals surface area (Å²) in [6, 6.07) is 5.01. The third-order valence-corrected chi connectivity index (χ3v) is 8.83. The van der Waals surface area contributed by atoms with Crippen LogP contribution in [-0.2, 0) is 19.1 Å². The minimum absolute atomic E-state index is 0.132. The minimum atomic E-state index is -0.812. The van der Waals surface area contributed by atoms with Gasteiger partial charge >= 0.3 is 11.9 Å². The maximum atomic E-state index is 15.4. The average Bonchev–Trinajstić information content (AvgIpc) is 3.00. The number of aliphatic hydroxyl groups is 2. The molecule has 1 fully saturated rings. The zero-order chi connectivity index (χ0) is 29.8. The van der Waals surface area contributed by atoms with Crippen molar-refractivity contribution in [1.29, 1.82) is 0 Å². The van der Waals surface area contributed by atoms with Gasteiger partial charge in [-0.1, -0.05) is 76.8 Å². The van der Waals surface area contributed by atoms with E-state index in [1.54, 1.807) is 6.07 Å². The van der Waals surface area contributed by atoms with Gasteiger partial charge in [-0.15, -0.1) is 0 Å². The highest BCUT2D eigenvalue weighted by Crippen LogP contribution is 2.42. The fourth-order valence-corrected chi connectivity index (χ4v) is 6.15. The summed E-state index contributed by atoms with van der Waals surface area (Å²) in [5, 5.41) is 18.2. The van der Waals surface area contributed by atoms with Crippen LogP contribution < -0.4 is 0 Å².